The molecule has 0 bridgehead atoms. The molecule has 2 saturated carbocycles. The summed E-state index contributed by atoms with van der Waals surface area (Å²) in [5.74, 6) is -2.13. The highest BCUT2D eigenvalue weighted by atomic mass is 16.6. The van der Waals surface area contributed by atoms with Gasteiger partial charge in [0.15, 0.2) is 5.78 Å². The van der Waals surface area contributed by atoms with Crippen molar-refractivity contribution in [2.24, 2.45) is 17.3 Å². The molecule has 3 heterocycles. The van der Waals surface area contributed by atoms with E-state index < -0.39 is 35.7 Å². The summed E-state index contributed by atoms with van der Waals surface area (Å²) in [4.78, 5) is 69.0. The molecule has 2 aliphatic carbocycles. The molecule has 0 radical (unpaired) electrons. The molecular formula is C32H39N3O7. The Kier molecular flexibility index (Phi) is 7.81. The molecule has 3 fully saturated rings. The second-order valence-corrected chi connectivity index (χ2v) is 12.7. The summed E-state index contributed by atoms with van der Waals surface area (Å²) in [7, 11) is 0. The number of ketones is 1. The van der Waals surface area contributed by atoms with Crippen LogP contribution in [-0.4, -0.2) is 69.3 Å². The van der Waals surface area contributed by atoms with Gasteiger partial charge in [0.25, 0.3) is 0 Å². The number of amides is 3. The predicted molar refractivity (Wildman–Crippen MR) is 151 cm³/mol. The molecule has 0 unspecified atom stereocenters. The van der Waals surface area contributed by atoms with Crippen LogP contribution < -0.4 is 5.32 Å². The second kappa shape index (κ2) is 11.5. The van der Waals surface area contributed by atoms with E-state index in [0.29, 0.717) is 25.9 Å². The Morgan fingerprint density at radius 2 is 1.74 bits per heavy atom. The third-order valence-corrected chi connectivity index (χ3v) is 9.63. The van der Waals surface area contributed by atoms with Gasteiger partial charge in [0, 0.05) is 31.8 Å². The van der Waals surface area contributed by atoms with Crippen LogP contribution in [-0.2, 0) is 37.0 Å². The lowest BCUT2D eigenvalue weighted by Crippen LogP contribution is -2.52. The molecule has 10 heteroatoms. The van der Waals surface area contributed by atoms with Gasteiger partial charge in [-0.1, -0.05) is 49.3 Å². The first-order valence-corrected chi connectivity index (χ1v) is 15.3. The first kappa shape index (κ1) is 28.4. The molecule has 10 nitrogen and oxygen atoms in total. The summed E-state index contributed by atoms with van der Waals surface area (Å²) in [5.41, 5.74) is 0.943. The molecule has 5 aliphatic rings. The number of fused-ring (bicyclic) bond motifs is 3. The van der Waals surface area contributed by atoms with Crippen LogP contribution in [0.1, 0.15) is 75.3 Å². The highest BCUT2D eigenvalue weighted by molar-refractivity contribution is 5.96. The Bertz CT molecular complexity index is 1280. The summed E-state index contributed by atoms with van der Waals surface area (Å²) in [6.07, 6.45) is 8.38. The summed E-state index contributed by atoms with van der Waals surface area (Å²) >= 11 is 0. The van der Waals surface area contributed by atoms with Crippen LogP contribution in [0.3, 0.4) is 0 Å². The smallest absolute Gasteiger partial charge is 0.410 e. The Labute approximate surface area is 245 Å². The lowest BCUT2D eigenvalue weighted by atomic mass is 9.92. The van der Waals surface area contributed by atoms with Crippen LogP contribution in [0.25, 0.3) is 0 Å². The van der Waals surface area contributed by atoms with Crippen LogP contribution in [0.5, 0.6) is 0 Å². The fourth-order valence-electron chi connectivity index (χ4n) is 6.79. The maximum atomic E-state index is 14.0. The van der Waals surface area contributed by atoms with Crippen molar-refractivity contribution in [3.8, 4) is 0 Å². The highest BCUT2D eigenvalue weighted by Crippen LogP contribution is 2.57. The number of allylic oxidation sites excluding steroid dienone is 2. The number of Topliss-reactive ketones (excluding diaryl/α,β-unsaturated/α-hetero) is 1. The molecule has 0 spiro atoms. The van der Waals surface area contributed by atoms with Gasteiger partial charge in [-0.15, -0.1) is 0 Å². The van der Waals surface area contributed by atoms with Crippen molar-refractivity contribution >= 4 is 29.7 Å². The van der Waals surface area contributed by atoms with Crippen LogP contribution >= 0.6 is 0 Å². The van der Waals surface area contributed by atoms with E-state index in [0.717, 1.165) is 49.7 Å². The quantitative estimate of drug-likeness (QED) is 0.523. The topological polar surface area (TPSA) is 133 Å². The number of carbonyl (C=O) groups is 5. The van der Waals surface area contributed by atoms with Crippen molar-refractivity contribution in [2.75, 3.05) is 6.54 Å². The van der Waals surface area contributed by atoms with Crippen LogP contribution in [0.4, 0.5) is 4.79 Å². The van der Waals surface area contributed by atoms with E-state index in [-0.39, 0.29) is 48.8 Å². The van der Waals surface area contributed by atoms with Gasteiger partial charge in [-0.3, -0.25) is 24.1 Å². The van der Waals surface area contributed by atoms with Gasteiger partial charge in [-0.2, -0.15) is 0 Å². The van der Waals surface area contributed by atoms with Gasteiger partial charge in [-0.05, 0) is 55.6 Å². The van der Waals surface area contributed by atoms with E-state index >= 15 is 0 Å². The van der Waals surface area contributed by atoms with Crippen LogP contribution in [0.2, 0.25) is 0 Å². The normalized spacial score (nSPS) is 32.1. The Balaban J connectivity index is 1.22. The number of hydrogen-bond acceptors (Lipinski definition) is 6. The van der Waals surface area contributed by atoms with Gasteiger partial charge >= 0.3 is 12.1 Å². The molecule has 6 rings (SSSR count). The number of rotatable bonds is 4. The Morgan fingerprint density at radius 3 is 2.43 bits per heavy atom. The number of carboxylic acid groups (broad SMARTS) is 1. The van der Waals surface area contributed by atoms with Gasteiger partial charge < -0.3 is 20.1 Å². The number of aliphatic carboxylic acids is 1. The van der Waals surface area contributed by atoms with Crippen LogP contribution in [0, 0.1) is 17.3 Å². The van der Waals surface area contributed by atoms with Gasteiger partial charge in [0.05, 0.1) is 18.0 Å². The summed E-state index contributed by atoms with van der Waals surface area (Å²) in [6, 6.07) is 6.10. The molecule has 2 N–H and O–H groups in total. The molecular weight excluding hydrogens is 538 g/mol. The largest absolute Gasteiger partial charge is 0.481 e. The van der Waals surface area contributed by atoms with E-state index in [9.17, 15) is 29.1 Å². The van der Waals surface area contributed by atoms with Crippen molar-refractivity contribution < 1.29 is 33.8 Å². The maximum absolute atomic E-state index is 14.0. The Hall–Kier alpha value is -3.69. The van der Waals surface area contributed by atoms with Gasteiger partial charge in [0.2, 0.25) is 11.8 Å². The summed E-state index contributed by atoms with van der Waals surface area (Å²) < 4.78 is 5.87. The Morgan fingerprint density at radius 1 is 1.00 bits per heavy atom. The van der Waals surface area contributed by atoms with Crippen LogP contribution in [0.15, 0.2) is 36.4 Å². The second-order valence-electron chi connectivity index (χ2n) is 12.7. The fourth-order valence-corrected chi connectivity index (χ4v) is 6.79. The van der Waals surface area contributed by atoms with E-state index in [1.807, 2.05) is 36.4 Å². The van der Waals surface area contributed by atoms with E-state index in [4.69, 9.17) is 4.74 Å². The molecule has 3 amide bonds. The number of carboxylic acids is 1. The average molecular weight is 578 g/mol. The minimum Gasteiger partial charge on any atom is -0.481 e. The first-order chi connectivity index (χ1) is 20.2. The lowest BCUT2D eigenvalue weighted by molar-refractivity contribution is -0.147. The van der Waals surface area contributed by atoms with E-state index in [1.165, 1.54) is 4.90 Å². The van der Waals surface area contributed by atoms with Crippen molar-refractivity contribution in [2.45, 2.75) is 95.5 Å². The number of nitrogens with one attached hydrogen (secondary N) is 1. The zero-order valence-corrected chi connectivity index (χ0v) is 23.8. The minimum absolute atomic E-state index is 0.0287. The molecule has 1 aromatic carbocycles. The number of nitrogens with zero attached hydrogens (tertiary/aromatic N) is 2. The first-order valence-electron chi connectivity index (χ1n) is 15.3. The zero-order chi connectivity index (χ0) is 29.4. The SMILES string of the molecule is O=C(N[C@H]1CCCCC/C=C\[C@@H]2C[C@@]2(C(=O)O)CC(=O)[C@@H]2C[C@@H](OC(=O)N3Cc4ccccc4C3)CN2C1=O)C1CC1. The standard InChI is InChI=1S/C32H39N3O7/c36-27-16-32(30(39)40)15-23(32)10-4-2-1-3-5-11-25(33-28(37)20-12-13-20)29(38)35-19-24(14-26(27)35)42-31(41)34-17-21-8-6-7-9-22(21)18-34/h4,6-10,20,23-26H,1-3,5,11-19H2,(H,33,37)(H,39,40)/b10-4-/t23-,24-,25+,26+,32-/m1/s1. The minimum atomic E-state index is -1.17. The average Bonchev–Trinajstić information content (AvgIpc) is 3.85. The van der Waals surface area contributed by atoms with Crippen molar-refractivity contribution in [1.29, 1.82) is 0 Å². The number of benzene rings is 1. The zero-order valence-electron chi connectivity index (χ0n) is 23.8. The molecule has 1 aromatic rings. The summed E-state index contributed by atoms with van der Waals surface area (Å²) in [5, 5.41) is 13.0. The van der Waals surface area contributed by atoms with Crippen molar-refractivity contribution in [3.05, 3.63) is 47.5 Å². The van der Waals surface area contributed by atoms with Gasteiger partial charge in [0.1, 0.15) is 12.1 Å². The van der Waals surface area contributed by atoms with Gasteiger partial charge in [-0.25, -0.2) is 4.79 Å². The third kappa shape index (κ3) is 5.80. The molecule has 3 aliphatic heterocycles. The number of hydrogen-bond donors (Lipinski definition) is 2. The van der Waals surface area contributed by atoms with E-state index in [1.54, 1.807) is 4.90 Å². The third-order valence-electron chi connectivity index (χ3n) is 9.63. The monoisotopic (exact) mass is 577 g/mol. The number of carbonyl (C=O) groups excluding carboxylic acids is 4. The number of ether oxygens (including phenoxy) is 1. The highest BCUT2D eigenvalue weighted by Gasteiger charge is 2.61. The molecule has 0 aromatic heterocycles. The predicted octanol–water partition coefficient (Wildman–Crippen LogP) is 3.57. The molecule has 1 saturated heterocycles. The molecule has 42 heavy (non-hydrogen) atoms. The van der Waals surface area contributed by atoms with Crippen molar-refractivity contribution in [3.63, 3.8) is 0 Å². The molecule has 5 atom stereocenters. The fraction of sp³-hybridized carbons (Fsp3) is 0.594. The summed E-state index contributed by atoms with van der Waals surface area (Å²) in [6.45, 7) is 0.886. The maximum Gasteiger partial charge on any atom is 0.410 e. The lowest BCUT2D eigenvalue weighted by Gasteiger charge is -2.29. The molecule has 224 valence electrons. The van der Waals surface area contributed by atoms with Crippen molar-refractivity contribution in [1.82, 2.24) is 15.1 Å². The van der Waals surface area contributed by atoms with E-state index in [2.05, 4.69) is 5.32 Å².